The molecular formula is C17H18ClNO. The van der Waals surface area contributed by atoms with Gasteiger partial charge in [-0.1, -0.05) is 41.9 Å². The molecule has 104 valence electrons. The number of aromatic nitrogens is 1. The number of fused-ring (bicyclic) bond motifs is 1. The van der Waals surface area contributed by atoms with Crippen LogP contribution >= 0.6 is 11.6 Å². The van der Waals surface area contributed by atoms with Crippen molar-refractivity contribution in [3.05, 3.63) is 64.4 Å². The number of benzene rings is 1. The van der Waals surface area contributed by atoms with E-state index in [0.29, 0.717) is 11.1 Å². The molecule has 0 fully saturated rings. The third kappa shape index (κ3) is 2.87. The quantitative estimate of drug-likeness (QED) is 0.855. The second kappa shape index (κ2) is 5.94. The highest BCUT2D eigenvalue weighted by atomic mass is 35.5. The smallest absolute Gasteiger partial charge is 0.129 e. The molecule has 1 N–H and O–H groups in total. The molecule has 20 heavy (non-hydrogen) atoms. The molecule has 0 saturated carbocycles. The summed E-state index contributed by atoms with van der Waals surface area (Å²) in [5, 5.41) is 10.9. The Bertz CT molecular complexity index is 582. The number of halogens is 1. The van der Waals surface area contributed by atoms with Crippen LogP contribution in [-0.2, 0) is 6.42 Å². The van der Waals surface area contributed by atoms with Crippen LogP contribution in [0.4, 0.5) is 0 Å². The fraction of sp³-hybridized carbons (Fsp3) is 0.353. The molecule has 0 bridgehead atoms. The van der Waals surface area contributed by atoms with Crippen LogP contribution in [0, 0.1) is 0 Å². The second-order valence-corrected chi connectivity index (χ2v) is 5.84. The fourth-order valence-corrected chi connectivity index (χ4v) is 3.20. The van der Waals surface area contributed by atoms with Gasteiger partial charge >= 0.3 is 0 Å². The zero-order valence-corrected chi connectivity index (χ0v) is 12.1. The van der Waals surface area contributed by atoms with Crippen LogP contribution in [0.2, 0.25) is 5.15 Å². The summed E-state index contributed by atoms with van der Waals surface area (Å²) >= 11 is 5.78. The Morgan fingerprint density at radius 3 is 2.90 bits per heavy atom. The number of rotatable bonds is 3. The molecule has 2 atom stereocenters. The summed E-state index contributed by atoms with van der Waals surface area (Å²) in [6.45, 7) is 0. The van der Waals surface area contributed by atoms with Gasteiger partial charge in [0.2, 0.25) is 0 Å². The molecule has 0 radical (unpaired) electrons. The average molecular weight is 288 g/mol. The molecule has 1 heterocycles. The van der Waals surface area contributed by atoms with Crippen molar-refractivity contribution in [2.75, 3.05) is 0 Å². The van der Waals surface area contributed by atoms with Crippen molar-refractivity contribution in [1.82, 2.24) is 4.98 Å². The third-order valence-electron chi connectivity index (χ3n) is 4.14. The first-order chi connectivity index (χ1) is 9.74. The normalized spacial score (nSPS) is 19.4. The summed E-state index contributed by atoms with van der Waals surface area (Å²) in [7, 11) is 0. The number of hydrogen-bond donors (Lipinski definition) is 1. The molecule has 2 aromatic rings. The van der Waals surface area contributed by atoms with Crippen molar-refractivity contribution in [1.29, 1.82) is 0 Å². The highest BCUT2D eigenvalue weighted by Gasteiger charge is 2.23. The van der Waals surface area contributed by atoms with E-state index in [2.05, 4.69) is 29.2 Å². The van der Waals surface area contributed by atoms with E-state index in [1.807, 2.05) is 6.07 Å². The van der Waals surface area contributed by atoms with Gasteiger partial charge in [0.25, 0.3) is 0 Å². The van der Waals surface area contributed by atoms with E-state index in [-0.39, 0.29) is 0 Å². The molecule has 1 aliphatic carbocycles. The Labute approximate surface area is 124 Å². The highest BCUT2D eigenvalue weighted by Crippen LogP contribution is 2.37. The van der Waals surface area contributed by atoms with Crippen molar-refractivity contribution in [3.8, 4) is 0 Å². The van der Waals surface area contributed by atoms with Gasteiger partial charge in [-0.25, -0.2) is 4.98 Å². The maximum Gasteiger partial charge on any atom is 0.129 e. The van der Waals surface area contributed by atoms with Gasteiger partial charge in [0.05, 0.1) is 6.10 Å². The molecule has 0 aliphatic heterocycles. The summed E-state index contributed by atoms with van der Waals surface area (Å²) in [4.78, 5) is 4.04. The van der Waals surface area contributed by atoms with E-state index in [9.17, 15) is 5.11 Å². The van der Waals surface area contributed by atoms with Crippen molar-refractivity contribution in [2.45, 2.75) is 37.7 Å². The molecule has 2 nitrogen and oxygen atoms in total. The standard InChI is InChI=1S/C17H18ClNO/c18-17-9-8-14(11-19-17)16(20)10-13-6-3-5-12-4-1-2-7-15(12)13/h1-2,4,7-9,11,13,16,20H,3,5-6,10H2. The number of aryl methyl sites for hydroxylation is 1. The predicted molar refractivity (Wildman–Crippen MR) is 80.9 cm³/mol. The van der Waals surface area contributed by atoms with Gasteiger partial charge in [0.15, 0.2) is 0 Å². The fourth-order valence-electron chi connectivity index (χ4n) is 3.09. The summed E-state index contributed by atoms with van der Waals surface area (Å²) in [6.07, 6.45) is 5.45. The van der Waals surface area contributed by atoms with Crippen LogP contribution < -0.4 is 0 Å². The Kier molecular flexibility index (Phi) is 4.04. The van der Waals surface area contributed by atoms with E-state index in [1.54, 1.807) is 12.3 Å². The van der Waals surface area contributed by atoms with E-state index in [0.717, 1.165) is 24.8 Å². The molecule has 0 saturated heterocycles. The molecule has 1 aliphatic rings. The van der Waals surface area contributed by atoms with Gasteiger partial charge in [-0.15, -0.1) is 0 Å². The first-order valence-electron chi connectivity index (χ1n) is 7.11. The van der Waals surface area contributed by atoms with Crippen LogP contribution in [0.5, 0.6) is 0 Å². The van der Waals surface area contributed by atoms with Crippen LogP contribution in [0.25, 0.3) is 0 Å². The summed E-state index contributed by atoms with van der Waals surface area (Å²) in [5.41, 5.74) is 3.68. The lowest BCUT2D eigenvalue weighted by Gasteiger charge is -2.27. The number of hydrogen-bond acceptors (Lipinski definition) is 2. The lowest BCUT2D eigenvalue weighted by Crippen LogP contribution is -2.13. The van der Waals surface area contributed by atoms with Crippen LogP contribution in [0.3, 0.4) is 0 Å². The van der Waals surface area contributed by atoms with E-state index < -0.39 is 6.10 Å². The zero-order valence-electron chi connectivity index (χ0n) is 11.3. The number of aliphatic hydroxyl groups excluding tert-OH is 1. The molecule has 3 rings (SSSR count). The summed E-state index contributed by atoms with van der Waals surface area (Å²) in [6, 6.07) is 12.2. The number of aliphatic hydroxyl groups is 1. The van der Waals surface area contributed by atoms with Gasteiger partial charge in [-0.05, 0) is 54.4 Å². The van der Waals surface area contributed by atoms with Crippen LogP contribution in [0.15, 0.2) is 42.6 Å². The Morgan fingerprint density at radius 1 is 1.25 bits per heavy atom. The lowest BCUT2D eigenvalue weighted by molar-refractivity contribution is 0.153. The van der Waals surface area contributed by atoms with Crippen molar-refractivity contribution in [3.63, 3.8) is 0 Å². The minimum Gasteiger partial charge on any atom is -0.388 e. The van der Waals surface area contributed by atoms with Crippen molar-refractivity contribution in [2.24, 2.45) is 0 Å². The van der Waals surface area contributed by atoms with Crippen molar-refractivity contribution >= 4 is 11.6 Å². The molecule has 3 heteroatoms. The van der Waals surface area contributed by atoms with Gasteiger partial charge in [-0.3, -0.25) is 0 Å². The molecule has 1 aromatic heterocycles. The minimum absolute atomic E-state index is 0.436. The predicted octanol–water partition coefficient (Wildman–Crippen LogP) is 4.28. The van der Waals surface area contributed by atoms with Crippen molar-refractivity contribution < 1.29 is 5.11 Å². The lowest BCUT2D eigenvalue weighted by atomic mass is 9.79. The Hall–Kier alpha value is -1.38. The Morgan fingerprint density at radius 2 is 2.10 bits per heavy atom. The van der Waals surface area contributed by atoms with Gasteiger partial charge < -0.3 is 5.11 Å². The first kappa shape index (κ1) is 13.6. The third-order valence-corrected chi connectivity index (χ3v) is 4.36. The molecular weight excluding hydrogens is 270 g/mol. The van der Waals surface area contributed by atoms with Crippen LogP contribution in [-0.4, -0.2) is 10.1 Å². The summed E-state index contributed by atoms with van der Waals surface area (Å²) < 4.78 is 0. The molecule has 1 aromatic carbocycles. The SMILES string of the molecule is OC(CC1CCCc2ccccc21)c1ccc(Cl)nc1. The van der Waals surface area contributed by atoms with E-state index >= 15 is 0 Å². The van der Waals surface area contributed by atoms with Crippen LogP contribution in [0.1, 0.15) is 48.0 Å². The molecule has 2 unspecified atom stereocenters. The zero-order chi connectivity index (χ0) is 13.9. The topological polar surface area (TPSA) is 33.1 Å². The van der Waals surface area contributed by atoms with Gasteiger partial charge in [-0.2, -0.15) is 0 Å². The van der Waals surface area contributed by atoms with Gasteiger partial charge in [0.1, 0.15) is 5.15 Å². The molecule has 0 amide bonds. The Balaban J connectivity index is 1.77. The highest BCUT2D eigenvalue weighted by molar-refractivity contribution is 6.29. The molecule has 0 spiro atoms. The minimum atomic E-state index is -0.476. The monoisotopic (exact) mass is 287 g/mol. The second-order valence-electron chi connectivity index (χ2n) is 5.45. The summed E-state index contributed by atoms with van der Waals surface area (Å²) in [5.74, 6) is 0.436. The maximum atomic E-state index is 10.4. The average Bonchev–Trinajstić information content (AvgIpc) is 2.48. The van der Waals surface area contributed by atoms with E-state index in [4.69, 9.17) is 11.6 Å². The number of pyridine rings is 1. The first-order valence-corrected chi connectivity index (χ1v) is 7.49. The maximum absolute atomic E-state index is 10.4. The largest absolute Gasteiger partial charge is 0.388 e. The van der Waals surface area contributed by atoms with Gasteiger partial charge in [0, 0.05) is 6.20 Å². The number of nitrogens with zero attached hydrogens (tertiary/aromatic N) is 1. The van der Waals surface area contributed by atoms with E-state index in [1.165, 1.54) is 17.5 Å².